The van der Waals surface area contributed by atoms with Crippen molar-refractivity contribution in [2.75, 3.05) is 18.0 Å². The van der Waals surface area contributed by atoms with E-state index >= 15 is 0 Å². The molecule has 4 heteroatoms. The van der Waals surface area contributed by atoms with E-state index in [9.17, 15) is 4.39 Å². The van der Waals surface area contributed by atoms with E-state index in [0.29, 0.717) is 12.2 Å². The third kappa shape index (κ3) is 1.69. The Morgan fingerprint density at radius 3 is 2.67 bits per heavy atom. The molecular formula is C11H13FN2O. The number of rotatable bonds is 1. The molecule has 2 unspecified atom stereocenters. The van der Waals surface area contributed by atoms with Crippen molar-refractivity contribution in [2.45, 2.75) is 25.0 Å². The molecule has 2 fully saturated rings. The zero-order valence-electron chi connectivity index (χ0n) is 8.40. The normalized spacial score (nSPS) is 29.5. The zero-order valence-corrected chi connectivity index (χ0v) is 8.40. The molecule has 2 aliphatic heterocycles. The van der Waals surface area contributed by atoms with Crippen LogP contribution in [0.4, 0.5) is 10.2 Å². The van der Waals surface area contributed by atoms with E-state index in [4.69, 9.17) is 4.74 Å². The van der Waals surface area contributed by atoms with E-state index in [1.54, 1.807) is 6.07 Å². The molecule has 80 valence electrons. The first-order valence-electron chi connectivity index (χ1n) is 5.34. The summed E-state index contributed by atoms with van der Waals surface area (Å²) in [6.07, 6.45) is 2.87. The average molecular weight is 208 g/mol. The Hall–Kier alpha value is -1.16. The van der Waals surface area contributed by atoms with Crippen LogP contribution < -0.4 is 4.90 Å². The highest BCUT2D eigenvalue weighted by atomic mass is 19.1. The van der Waals surface area contributed by atoms with E-state index < -0.39 is 5.95 Å². The highest BCUT2D eigenvalue weighted by molar-refractivity contribution is 5.39. The molecule has 2 saturated heterocycles. The number of anilines is 1. The number of hydrogen-bond acceptors (Lipinski definition) is 3. The number of ether oxygens (including phenoxy) is 1. The van der Waals surface area contributed by atoms with Crippen molar-refractivity contribution in [3.63, 3.8) is 0 Å². The molecule has 0 N–H and O–H groups in total. The Bertz CT molecular complexity index is 359. The molecule has 0 saturated carbocycles. The van der Waals surface area contributed by atoms with Crippen LogP contribution in [-0.4, -0.2) is 30.3 Å². The van der Waals surface area contributed by atoms with Gasteiger partial charge in [0.25, 0.3) is 0 Å². The van der Waals surface area contributed by atoms with Gasteiger partial charge in [-0.05, 0) is 25.0 Å². The van der Waals surface area contributed by atoms with Gasteiger partial charge in [0.1, 0.15) is 5.82 Å². The second-order valence-corrected chi connectivity index (χ2v) is 4.18. The highest BCUT2D eigenvalue weighted by Crippen LogP contribution is 2.28. The first kappa shape index (κ1) is 9.09. The molecule has 3 rings (SSSR count). The summed E-state index contributed by atoms with van der Waals surface area (Å²) < 4.78 is 18.7. The third-order valence-corrected chi connectivity index (χ3v) is 3.07. The van der Waals surface area contributed by atoms with Gasteiger partial charge in [-0.1, -0.05) is 6.07 Å². The summed E-state index contributed by atoms with van der Waals surface area (Å²) in [4.78, 5) is 6.02. The van der Waals surface area contributed by atoms with Crippen molar-refractivity contribution in [3.05, 3.63) is 24.1 Å². The Kier molecular flexibility index (Phi) is 2.09. The number of halogens is 1. The van der Waals surface area contributed by atoms with Crippen molar-refractivity contribution < 1.29 is 9.13 Å². The van der Waals surface area contributed by atoms with E-state index in [1.807, 2.05) is 6.07 Å². The van der Waals surface area contributed by atoms with Crippen LogP contribution >= 0.6 is 0 Å². The first-order chi connectivity index (χ1) is 7.31. The van der Waals surface area contributed by atoms with Crippen LogP contribution in [0, 0.1) is 5.95 Å². The van der Waals surface area contributed by atoms with Crippen LogP contribution in [0.25, 0.3) is 0 Å². The number of pyridine rings is 1. The lowest BCUT2D eigenvalue weighted by Gasteiger charge is -2.32. The lowest BCUT2D eigenvalue weighted by molar-refractivity contribution is 0.0302. The zero-order chi connectivity index (χ0) is 10.3. The van der Waals surface area contributed by atoms with Crippen molar-refractivity contribution in [1.82, 2.24) is 4.98 Å². The molecule has 0 radical (unpaired) electrons. The number of aromatic nitrogens is 1. The van der Waals surface area contributed by atoms with Crippen LogP contribution in [0.1, 0.15) is 12.8 Å². The van der Waals surface area contributed by atoms with Gasteiger partial charge in [-0.15, -0.1) is 0 Å². The summed E-state index contributed by atoms with van der Waals surface area (Å²) in [5.41, 5.74) is 0. The van der Waals surface area contributed by atoms with Crippen LogP contribution in [0.5, 0.6) is 0 Å². The van der Waals surface area contributed by atoms with Gasteiger partial charge in [0.05, 0.1) is 12.2 Å². The summed E-state index contributed by atoms with van der Waals surface area (Å²) in [6.45, 7) is 1.68. The van der Waals surface area contributed by atoms with Crippen LogP contribution in [0.2, 0.25) is 0 Å². The van der Waals surface area contributed by atoms with Crippen LogP contribution in [0.3, 0.4) is 0 Å². The van der Waals surface area contributed by atoms with Gasteiger partial charge in [-0.3, -0.25) is 0 Å². The minimum atomic E-state index is -0.411. The van der Waals surface area contributed by atoms with Gasteiger partial charge in [-0.25, -0.2) is 4.98 Å². The molecule has 2 bridgehead atoms. The summed E-state index contributed by atoms with van der Waals surface area (Å²) in [5.74, 6) is 0.321. The number of morpholine rings is 1. The molecule has 0 amide bonds. The summed E-state index contributed by atoms with van der Waals surface area (Å²) >= 11 is 0. The largest absolute Gasteiger partial charge is 0.371 e. The molecule has 3 nitrogen and oxygen atoms in total. The van der Waals surface area contributed by atoms with Crippen molar-refractivity contribution in [2.24, 2.45) is 0 Å². The molecule has 0 aromatic carbocycles. The van der Waals surface area contributed by atoms with E-state index in [-0.39, 0.29) is 0 Å². The summed E-state index contributed by atoms with van der Waals surface area (Å²) in [6, 6.07) is 4.93. The molecule has 1 aromatic heterocycles. The molecule has 0 spiro atoms. The Labute approximate surface area is 87.9 Å². The quantitative estimate of drug-likeness (QED) is 0.655. The maximum absolute atomic E-state index is 13.0. The summed E-state index contributed by atoms with van der Waals surface area (Å²) in [7, 11) is 0. The SMILES string of the molecule is Fc1cccc(N2CC3CCC(C2)O3)n1. The number of nitrogens with zero attached hydrogens (tertiary/aromatic N) is 2. The highest BCUT2D eigenvalue weighted by Gasteiger charge is 2.34. The fourth-order valence-electron chi connectivity index (χ4n) is 2.38. The van der Waals surface area contributed by atoms with Gasteiger partial charge in [0, 0.05) is 13.1 Å². The second-order valence-electron chi connectivity index (χ2n) is 4.18. The Balaban J connectivity index is 1.83. The molecule has 2 atom stereocenters. The van der Waals surface area contributed by atoms with Gasteiger partial charge < -0.3 is 9.64 Å². The summed E-state index contributed by atoms with van der Waals surface area (Å²) in [5, 5.41) is 0. The third-order valence-electron chi connectivity index (χ3n) is 3.07. The maximum atomic E-state index is 13.0. The average Bonchev–Trinajstić information content (AvgIpc) is 2.58. The van der Waals surface area contributed by atoms with Gasteiger partial charge >= 0.3 is 0 Å². The standard InChI is InChI=1S/C11H13FN2O/c12-10-2-1-3-11(13-10)14-6-8-4-5-9(7-14)15-8/h1-3,8-9H,4-7H2. The maximum Gasteiger partial charge on any atom is 0.214 e. The van der Waals surface area contributed by atoms with E-state index in [1.165, 1.54) is 6.07 Å². The first-order valence-corrected chi connectivity index (χ1v) is 5.34. The minimum Gasteiger partial charge on any atom is -0.371 e. The van der Waals surface area contributed by atoms with Gasteiger partial charge in [0.15, 0.2) is 0 Å². The molecule has 0 aliphatic carbocycles. The molecule has 1 aromatic rings. The second kappa shape index (κ2) is 3.45. The van der Waals surface area contributed by atoms with Crippen molar-refractivity contribution in [1.29, 1.82) is 0 Å². The smallest absolute Gasteiger partial charge is 0.214 e. The lowest BCUT2D eigenvalue weighted by Crippen LogP contribution is -2.43. The predicted octanol–water partition coefficient (Wildman–Crippen LogP) is 1.59. The number of hydrogen-bond donors (Lipinski definition) is 0. The van der Waals surface area contributed by atoms with Crippen molar-refractivity contribution >= 4 is 5.82 Å². The molecule has 2 aliphatic rings. The Morgan fingerprint density at radius 2 is 2.00 bits per heavy atom. The monoisotopic (exact) mass is 208 g/mol. The molecular weight excluding hydrogens is 195 g/mol. The van der Waals surface area contributed by atoms with Gasteiger partial charge in [-0.2, -0.15) is 4.39 Å². The fraction of sp³-hybridized carbons (Fsp3) is 0.545. The lowest BCUT2D eigenvalue weighted by atomic mass is 10.2. The minimum absolute atomic E-state index is 0.314. The van der Waals surface area contributed by atoms with Crippen LogP contribution in [0.15, 0.2) is 18.2 Å². The van der Waals surface area contributed by atoms with E-state index in [0.717, 1.165) is 31.7 Å². The fourth-order valence-corrected chi connectivity index (χ4v) is 2.38. The van der Waals surface area contributed by atoms with Crippen molar-refractivity contribution in [3.8, 4) is 0 Å². The molecule has 15 heavy (non-hydrogen) atoms. The molecule has 3 heterocycles. The Morgan fingerprint density at radius 1 is 1.27 bits per heavy atom. The topological polar surface area (TPSA) is 25.4 Å². The number of fused-ring (bicyclic) bond motifs is 2. The van der Waals surface area contributed by atoms with Gasteiger partial charge in [0.2, 0.25) is 5.95 Å². The van der Waals surface area contributed by atoms with E-state index in [2.05, 4.69) is 9.88 Å². The predicted molar refractivity (Wildman–Crippen MR) is 54.3 cm³/mol. The van der Waals surface area contributed by atoms with Crippen LogP contribution in [-0.2, 0) is 4.74 Å².